The second-order valence-corrected chi connectivity index (χ2v) is 3.00. The first-order valence-electron chi connectivity index (χ1n) is 6.25. The van der Waals surface area contributed by atoms with Crippen molar-refractivity contribution in [1.82, 2.24) is 0 Å². The van der Waals surface area contributed by atoms with Crippen LogP contribution < -0.4 is 5.73 Å². The Balaban J connectivity index is 0. The summed E-state index contributed by atoms with van der Waals surface area (Å²) in [6.45, 7) is 8.00. The van der Waals surface area contributed by atoms with E-state index in [0.717, 1.165) is 5.56 Å². The topological polar surface area (TPSA) is 72.5 Å². The molecule has 4 heteroatoms. The van der Waals surface area contributed by atoms with Crippen molar-refractivity contribution in [3.63, 3.8) is 0 Å². The molecule has 0 aliphatic heterocycles. The molecule has 0 saturated carbocycles. The fourth-order valence-electron chi connectivity index (χ4n) is 1.12. The maximum absolute atomic E-state index is 11.0. The Morgan fingerprint density at radius 3 is 2.06 bits per heavy atom. The summed E-state index contributed by atoms with van der Waals surface area (Å²) in [6.07, 6.45) is 0.410. The van der Waals surface area contributed by atoms with Gasteiger partial charge in [-0.1, -0.05) is 39.8 Å². The largest absolute Gasteiger partial charge is 0.508 e. The maximum Gasteiger partial charge on any atom is 0.322 e. The predicted molar refractivity (Wildman–Crippen MR) is 74.5 cm³/mol. The molecule has 1 unspecified atom stereocenters. The number of aromatic hydroxyl groups is 1. The number of methoxy groups -OCH3 is 1. The first-order chi connectivity index (χ1) is 8.63. The number of phenols is 1. The van der Waals surface area contributed by atoms with Crippen LogP contribution in [0.1, 0.15) is 33.3 Å². The number of hydrogen-bond donors (Lipinski definition) is 2. The third-order valence-electron chi connectivity index (χ3n) is 1.90. The van der Waals surface area contributed by atoms with E-state index in [1.165, 1.54) is 7.11 Å². The number of nitrogens with two attached hydrogens (primary N) is 1. The number of ether oxygens (including phenoxy) is 1. The molecule has 1 aromatic rings. The van der Waals surface area contributed by atoms with Gasteiger partial charge >= 0.3 is 5.97 Å². The summed E-state index contributed by atoms with van der Waals surface area (Å²) in [7, 11) is 1.30. The Morgan fingerprint density at radius 1 is 1.22 bits per heavy atom. The Labute approximate surface area is 110 Å². The van der Waals surface area contributed by atoms with Gasteiger partial charge in [0.05, 0.1) is 7.11 Å². The third-order valence-corrected chi connectivity index (χ3v) is 1.90. The lowest BCUT2D eigenvalue weighted by Gasteiger charge is -2.08. The molecule has 0 aliphatic rings. The van der Waals surface area contributed by atoms with E-state index < -0.39 is 12.0 Å². The van der Waals surface area contributed by atoms with Crippen molar-refractivity contribution in [1.29, 1.82) is 0 Å². The summed E-state index contributed by atoms with van der Waals surface area (Å²) in [6, 6.07) is 5.90. The zero-order chi connectivity index (χ0) is 14.6. The molecule has 0 bridgehead atoms. The van der Waals surface area contributed by atoms with Crippen molar-refractivity contribution in [2.75, 3.05) is 7.11 Å². The number of hydrogen-bond acceptors (Lipinski definition) is 4. The monoisotopic (exact) mass is 255 g/mol. The van der Waals surface area contributed by atoms with Gasteiger partial charge in [0.25, 0.3) is 0 Å². The van der Waals surface area contributed by atoms with Crippen LogP contribution in [-0.4, -0.2) is 24.2 Å². The van der Waals surface area contributed by atoms with E-state index in [1.54, 1.807) is 24.3 Å². The van der Waals surface area contributed by atoms with E-state index in [2.05, 4.69) is 4.74 Å². The summed E-state index contributed by atoms with van der Waals surface area (Å²) in [5.74, 6) is -0.238. The summed E-state index contributed by atoms with van der Waals surface area (Å²) in [4.78, 5) is 11.0. The van der Waals surface area contributed by atoms with E-state index in [4.69, 9.17) is 10.8 Å². The minimum absolute atomic E-state index is 0.195. The van der Waals surface area contributed by atoms with Gasteiger partial charge in [-0.3, -0.25) is 4.79 Å². The summed E-state index contributed by atoms with van der Waals surface area (Å²) >= 11 is 0. The maximum atomic E-state index is 11.0. The number of esters is 1. The molecule has 0 aliphatic carbocycles. The van der Waals surface area contributed by atoms with Crippen LogP contribution in [0.15, 0.2) is 24.3 Å². The highest BCUT2D eigenvalue weighted by Gasteiger charge is 2.13. The number of benzene rings is 1. The molecule has 18 heavy (non-hydrogen) atoms. The summed E-state index contributed by atoms with van der Waals surface area (Å²) in [5.41, 5.74) is 6.45. The van der Waals surface area contributed by atoms with Crippen molar-refractivity contribution >= 4 is 5.97 Å². The first-order valence-corrected chi connectivity index (χ1v) is 6.25. The van der Waals surface area contributed by atoms with Crippen molar-refractivity contribution in [2.45, 2.75) is 40.2 Å². The molecule has 0 spiro atoms. The Kier molecular flexibility index (Phi) is 12.5. The molecule has 0 saturated heterocycles. The van der Waals surface area contributed by atoms with Crippen LogP contribution >= 0.6 is 0 Å². The van der Waals surface area contributed by atoms with Crippen molar-refractivity contribution in [2.24, 2.45) is 5.73 Å². The molecule has 1 aromatic carbocycles. The van der Waals surface area contributed by atoms with Gasteiger partial charge in [-0.15, -0.1) is 0 Å². The lowest BCUT2D eigenvalue weighted by atomic mass is 10.1. The zero-order valence-electron chi connectivity index (χ0n) is 11.9. The fourth-order valence-corrected chi connectivity index (χ4v) is 1.12. The van der Waals surface area contributed by atoms with Crippen LogP contribution in [0.4, 0.5) is 0 Å². The van der Waals surface area contributed by atoms with Crippen LogP contribution in [-0.2, 0) is 16.0 Å². The molecule has 0 radical (unpaired) electrons. The molecule has 4 nitrogen and oxygen atoms in total. The van der Waals surface area contributed by atoms with E-state index in [-0.39, 0.29) is 5.75 Å². The quantitative estimate of drug-likeness (QED) is 0.814. The van der Waals surface area contributed by atoms with Crippen LogP contribution in [0.5, 0.6) is 5.75 Å². The Bertz CT molecular complexity index is 309. The predicted octanol–water partition coefficient (Wildman–Crippen LogP) is 2.49. The molecule has 0 amide bonds. The third kappa shape index (κ3) is 7.68. The lowest BCUT2D eigenvalue weighted by molar-refractivity contribution is -0.142. The molecular weight excluding hydrogens is 230 g/mol. The van der Waals surface area contributed by atoms with Crippen LogP contribution in [0.2, 0.25) is 0 Å². The number of carbonyl (C=O) groups excluding carboxylic acids is 1. The summed E-state index contributed by atoms with van der Waals surface area (Å²) < 4.78 is 4.49. The van der Waals surface area contributed by atoms with Crippen LogP contribution in [0.25, 0.3) is 0 Å². The molecule has 3 N–H and O–H groups in total. The second-order valence-electron chi connectivity index (χ2n) is 3.00. The Hall–Kier alpha value is -1.55. The number of phenolic OH excluding ortho intramolecular Hbond substituents is 1. The van der Waals surface area contributed by atoms with Crippen LogP contribution in [0.3, 0.4) is 0 Å². The standard InChI is InChI=1S/C10H13NO3.2C2H6/c1-14-10(13)9(11)6-7-2-4-8(12)5-3-7;2*1-2/h2-5,9,12H,6,11H2,1H3;2*1-2H3. The molecule has 0 aromatic heterocycles. The van der Waals surface area contributed by atoms with Gasteiger partial charge in [0.1, 0.15) is 11.8 Å². The number of rotatable bonds is 3. The SMILES string of the molecule is CC.CC.COC(=O)C(N)Cc1ccc(O)cc1. The minimum atomic E-state index is -0.649. The molecule has 0 fully saturated rings. The molecule has 1 atom stereocenters. The fraction of sp³-hybridized carbons (Fsp3) is 0.500. The smallest absolute Gasteiger partial charge is 0.322 e. The van der Waals surface area contributed by atoms with Gasteiger partial charge in [0.2, 0.25) is 0 Å². The van der Waals surface area contributed by atoms with E-state index >= 15 is 0 Å². The first kappa shape index (κ1) is 18.8. The van der Waals surface area contributed by atoms with Gasteiger partial charge in [0.15, 0.2) is 0 Å². The summed E-state index contributed by atoms with van der Waals surface area (Å²) in [5, 5.41) is 9.02. The molecule has 0 heterocycles. The van der Waals surface area contributed by atoms with E-state index in [1.807, 2.05) is 27.7 Å². The highest BCUT2D eigenvalue weighted by atomic mass is 16.5. The van der Waals surface area contributed by atoms with Gasteiger partial charge < -0.3 is 15.6 Å². The van der Waals surface area contributed by atoms with Crippen molar-refractivity contribution in [3.05, 3.63) is 29.8 Å². The van der Waals surface area contributed by atoms with Crippen LogP contribution in [0, 0.1) is 0 Å². The molecule has 104 valence electrons. The van der Waals surface area contributed by atoms with Crippen molar-refractivity contribution in [3.8, 4) is 5.75 Å². The van der Waals surface area contributed by atoms with Gasteiger partial charge in [-0.25, -0.2) is 0 Å². The average molecular weight is 255 g/mol. The highest BCUT2D eigenvalue weighted by molar-refractivity contribution is 5.75. The van der Waals surface area contributed by atoms with E-state index in [9.17, 15) is 4.79 Å². The minimum Gasteiger partial charge on any atom is -0.508 e. The van der Waals surface area contributed by atoms with Crippen molar-refractivity contribution < 1.29 is 14.6 Å². The average Bonchev–Trinajstić information content (AvgIpc) is 2.44. The van der Waals surface area contributed by atoms with Gasteiger partial charge in [0, 0.05) is 0 Å². The van der Waals surface area contributed by atoms with Gasteiger partial charge in [-0.2, -0.15) is 0 Å². The normalized spacial score (nSPS) is 10.1. The zero-order valence-corrected chi connectivity index (χ0v) is 11.9. The lowest BCUT2D eigenvalue weighted by Crippen LogP contribution is -2.33. The molecule has 1 rings (SSSR count). The van der Waals surface area contributed by atoms with Gasteiger partial charge in [-0.05, 0) is 24.1 Å². The number of carbonyl (C=O) groups is 1. The molecular formula is C14H25NO3. The second kappa shape index (κ2) is 11.9. The highest BCUT2D eigenvalue weighted by Crippen LogP contribution is 2.10. The Morgan fingerprint density at radius 2 is 1.67 bits per heavy atom. The van der Waals surface area contributed by atoms with E-state index in [0.29, 0.717) is 6.42 Å².